The second-order valence-corrected chi connectivity index (χ2v) is 33.4. The quantitative estimate of drug-likeness (QED) is 0.0222. The Morgan fingerprint density at radius 2 is 0.884 bits per heavy atom. The largest absolute Gasteiger partial charge is 0.493 e. The van der Waals surface area contributed by atoms with Gasteiger partial charge in [0.1, 0.15) is 63.9 Å². The van der Waals surface area contributed by atoms with Crippen molar-refractivity contribution in [3.63, 3.8) is 0 Å². The Hall–Kier alpha value is -14.6. The molecule has 138 heavy (non-hydrogen) atoms. The molecule has 0 bridgehead atoms. The fraction of sp³-hybridized carbons (Fsp3) is 0.357. The minimum atomic E-state index is -4.64. The third-order valence-electron chi connectivity index (χ3n) is 22.3. The number of benzene rings is 3. The van der Waals surface area contributed by atoms with Crippen LogP contribution in [0.1, 0.15) is 166 Å². The molecule has 10 N–H and O–H groups in total. The number of methoxy groups -OCH3 is 2. The zero-order valence-corrected chi connectivity index (χ0v) is 77.0. The van der Waals surface area contributed by atoms with Crippen molar-refractivity contribution in [3.05, 3.63) is 215 Å². The van der Waals surface area contributed by atoms with Gasteiger partial charge in [0, 0.05) is 71.9 Å². The lowest BCUT2D eigenvalue weighted by molar-refractivity contribution is -0.156. The first-order valence-corrected chi connectivity index (χ1v) is 44.6. The zero-order valence-electron chi connectivity index (χ0n) is 75.4. The average Bonchev–Trinajstić information content (AvgIpc) is 1.01. The Morgan fingerprint density at radius 3 is 1.30 bits per heavy atom. The van der Waals surface area contributed by atoms with E-state index >= 15 is 0 Å². The second-order valence-electron chi connectivity index (χ2n) is 32.5. The number of likely N-dealkylation sites (N-methyl/N-ethyl adjacent to an activating group) is 2. The van der Waals surface area contributed by atoms with Crippen molar-refractivity contribution in [2.45, 2.75) is 158 Å². The van der Waals surface area contributed by atoms with Gasteiger partial charge in [-0.2, -0.15) is 28.5 Å². The molecule has 36 nitrogen and oxygen atoms in total. The first-order chi connectivity index (χ1) is 65.3. The molecule has 5 aliphatic rings. The van der Waals surface area contributed by atoms with Gasteiger partial charge in [-0.15, -0.1) is 0 Å². The molecule has 14 aromatic rings. The minimum Gasteiger partial charge on any atom is -0.493 e. The maximum Gasteiger partial charge on any atom is 0.446 e. The summed E-state index contributed by atoms with van der Waals surface area (Å²) in [7, 11) is 7.25. The van der Waals surface area contributed by atoms with Crippen LogP contribution in [0.25, 0.3) is 38.4 Å². The van der Waals surface area contributed by atoms with Crippen molar-refractivity contribution >= 4 is 102 Å². The van der Waals surface area contributed by atoms with Crippen molar-refractivity contribution in [2.24, 2.45) is 17.8 Å². The van der Waals surface area contributed by atoms with Crippen molar-refractivity contribution in [2.75, 3.05) is 82.2 Å². The Balaban J connectivity index is 0.000000175. The lowest BCUT2D eigenvalue weighted by Gasteiger charge is -2.30. The molecule has 1 aliphatic heterocycles. The van der Waals surface area contributed by atoms with Crippen LogP contribution in [0.2, 0.25) is 0 Å². The number of pyridine rings is 6. The molecule has 5 fully saturated rings. The summed E-state index contributed by atoms with van der Waals surface area (Å²) in [5, 5.41) is 33.2. The van der Waals surface area contributed by atoms with Gasteiger partial charge in [-0.3, -0.25) is 39.2 Å². The van der Waals surface area contributed by atoms with Crippen LogP contribution >= 0.6 is 15.9 Å². The van der Waals surface area contributed by atoms with E-state index in [4.69, 9.17) is 58.9 Å². The maximum absolute atomic E-state index is 13.2. The summed E-state index contributed by atoms with van der Waals surface area (Å²) < 4.78 is 87.8. The van der Waals surface area contributed by atoms with Crippen LogP contribution in [0.15, 0.2) is 176 Å². The Bertz CT molecular complexity index is 6330. The number of carbonyl (C=O) groups excluding carboxylic acids is 4. The van der Waals surface area contributed by atoms with Gasteiger partial charge in [-0.25, -0.2) is 44.3 Å². The normalized spacial score (nSPS) is 15.1. The number of nitrogens with two attached hydrogens (primary N) is 2. The number of amides is 3. The third-order valence-corrected chi connectivity index (χ3v) is 22.7. The summed E-state index contributed by atoms with van der Waals surface area (Å²) in [5.74, 6) is 7.89. The fourth-order valence-electron chi connectivity index (χ4n) is 14.0. The molecule has 0 radical (unpaired) electrons. The van der Waals surface area contributed by atoms with Crippen LogP contribution in [0.5, 0.6) is 63.2 Å². The monoisotopic (exact) mass is 1960 g/mol. The second kappa shape index (κ2) is 49.2. The Morgan fingerprint density at radius 1 is 0.478 bits per heavy atom. The smallest absolute Gasteiger partial charge is 0.446 e. The molecule has 728 valence electrons. The summed E-state index contributed by atoms with van der Waals surface area (Å²) in [6, 6.07) is 28.9. The highest BCUT2D eigenvalue weighted by Crippen LogP contribution is 2.40. The molecule has 4 saturated carbocycles. The number of halogens is 4. The molecular formula is C98H115BrF3N23O13. The first-order valence-electron chi connectivity index (χ1n) is 43.8. The van der Waals surface area contributed by atoms with Gasteiger partial charge in [-0.05, 0) is 253 Å². The number of hydrogen-bond donors (Lipinski definition) is 8. The number of hydrogen-bond acceptors (Lipinski definition) is 30. The Kier molecular flexibility index (Phi) is 37.0. The van der Waals surface area contributed by atoms with E-state index in [9.17, 15) is 27.6 Å². The predicted octanol–water partition coefficient (Wildman–Crippen LogP) is 19.0. The minimum absolute atomic E-state index is 0. The summed E-state index contributed by atoms with van der Waals surface area (Å²) in [5.41, 5.74) is 19.1. The highest BCUT2D eigenvalue weighted by Gasteiger charge is 2.31. The molecule has 3 atom stereocenters. The number of aryl methyl sites for hydroxylation is 4. The number of nitrogen functional groups attached to an aromatic ring is 2. The number of aromatic amines is 1. The standard InChI is InChI=1S/C29H31N5O4.C28H26N8O5.C24H23N5O3.C8H18N2.C4H4BrN3.C2HF3O.3CH4/c1-18-13-22-23(14-19(18)2)30-11-10-24(22)38-21-8-9-26(31-15-21)32-29(35)28-25(37-17-20-6-7-20)16-34(33-28)27-5-3-4-12-36-27;1-38-22-9-19-20(10-23(22)39-2)30-8-7-21(19)41-18-5-6-25(31-13-18)34-27(37)26-24(40-15-16-3-4-16)14-36(35-26)17-11-32-28(29)33-12-17;1-14-9-18-19(10-15(14)2)25-8-7-20(18)32-17-5-6-22(26-11-17)28-24(30)23-21(12-27-29-23)31-13-16-3-4-16;1-9-7-5-3-4-6-8(7)10-2;5-3-1-7-4(6)8-2-3;3-2(4,5)1-6;;;/h8-11,13-16,20,27H,3-7,12,17H2,1-2H3,(H,31,32,35);5-14,16H,3-4,15H2,1-2H3,(H2,29,32,33)(H,31,34,37);5-12,16H,3-4,13H2,1-2H3,(H,27,29)(H,26,28,30);7-10H,3-6H2,1-2H3;1-2H,(H2,6,7,8);1H;3*1H4/t;;;7-,8-;;;;;/m...1...../s1. The van der Waals surface area contributed by atoms with E-state index in [1.54, 1.807) is 129 Å². The molecule has 3 aromatic carbocycles. The average molecular weight is 1960 g/mol. The lowest BCUT2D eigenvalue weighted by Crippen LogP contribution is -2.47. The number of ether oxygens (including phenoxy) is 9. The molecular weight excluding hydrogens is 1840 g/mol. The van der Waals surface area contributed by atoms with Gasteiger partial charge in [-0.1, -0.05) is 35.1 Å². The molecule has 4 aliphatic carbocycles. The topological polar surface area (TPSA) is 457 Å². The van der Waals surface area contributed by atoms with E-state index < -0.39 is 18.4 Å². The number of carbonyl (C=O) groups is 4. The molecule has 1 unspecified atom stereocenters. The van der Waals surface area contributed by atoms with Crippen LogP contribution < -0.4 is 75.9 Å². The van der Waals surface area contributed by atoms with Crippen LogP contribution in [0.3, 0.4) is 0 Å². The zero-order chi connectivity index (χ0) is 95.1. The van der Waals surface area contributed by atoms with Crippen LogP contribution in [0.4, 0.5) is 42.5 Å². The van der Waals surface area contributed by atoms with E-state index in [1.165, 1.54) is 90.2 Å². The van der Waals surface area contributed by atoms with Crippen molar-refractivity contribution < 1.29 is 75.0 Å². The van der Waals surface area contributed by atoms with Crippen LogP contribution in [-0.4, -0.2) is 177 Å². The molecule has 1 saturated heterocycles. The van der Waals surface area contributed by atoms with Crippen molar-refractivity contribution in [1.82, 2.24) is 90.2 Å². The number of aldehydes is 1. The summed E-state index contributed by atoms with van der Waals surface area (Å²) >= 11 is 3.16. The van der Waals surface area contributed by atoms with Crippen molar-refractivity contribution in [1.29, 1.82) is 0 Å². The SMILES string of the molecule is C.C.C.CN[C@@H]1CCCC[C@H]1NC.COc1cc2nccc(Oc3ccc(NC(=O)c4nn(-c5cnc(N)nc5)cc4OCC4CC4)nc3)c2cc1OC.Cc1cc2nccc(Oc3ccc(NC(=O)c4[nH]ncc4OCC4CC4)nc3)c2cc1C.Cc1cc2nccc(Oc3ccc(NC(=O)c4nn(C5CCCCO5)cc4OCC4CC4)nc3)c2cc1C.Nc1ncc(Br)cn1.O=CC(F)(F)F. The van der Waals surface area contributed by atoms with E-state index in [0.29, 0.717) is 154 Å². The van der Waals surface area contributed by atoms with E-state index in [1.807, 2.05) is 18.2 Å². The molecule has 0 spiro atoms. The van der Waals surface area contributed by atoms with Crippen LogP contribution in [0, 0.1) is 45.4 Å². The van der Waals surface area contributed by atoms with E-state index in [-0.39, 0.29) is 63.4 Å². The molecule has 11 aromatic heterocycles. The number of alkyl halides is 3. The molecule has 19 rings (SSSR count). The Labute approximate surface area is 805 Å². The molecule has 12 heterocycles. The van der Waals surface area contributed by atoms with Gasteiger partial charge in [0.2, 0.25) is 18.2 Å². The lowest BCUT2D eigenvalue weighted by atomic mass is 9.91. The van der Waals surface area contributed by atoms with Gasteiger partial charge in [0.05, 0.1) is 105 Å². The number of aromatic nitrogens is 16. The number of fused-ring (bicyclic) bond motifs is 3. The fourth-order valence-corrected chi connectivity index (χ4v) is 14.2. The summed E-state index contributed by atoms with van der Waals surface area (Å²) in [6.45, 7) is 10.7. The van der Waals surface area contributed by atoms with Crippen molar-refractivity contribution in [3.8, 4) is 68.9 Å². The summed E-state index contributed by atoms with van der Waals surface area (Å²) in [4.78, 5) is 89.4. The number of nitrogens with one attached hydrogen (secondary N) is 6. The first kappa shape index (κ1) is 104. The van der Waals surface area contributed by atoms with Gasteiger partial charge in [0.25, 0.3) is 17.7 Å². The molecule has 3 amide bonds. The van der Waals surface area contributed by atoms with E-state index in [2.05, 4.69) is 173 Å². The van der Waals surface area contributed by atoms with Gasteiger partial charge in [0.15, 0.2) is 45.8 Å². The van der Waals surface area contributed by atoms with Crippen LogP contribution in [-0.2, 0) is 9.53 Å². The number of rotatable bonds is 27. The number of anilines is 5. The number of H-pyrrole nitrogens is 1. The maximum atomic E-state index is 13.2. The molecule has 40 heteroatoms. The third kappa shape index (κ3) is 29.2. The number of nitrogens with zero attached hydrogens (tertiary/aromatic N) is 15. The van der Waals surface area contributed by atoms with E-state index in [0.717, 1.165) is 76.6 Å². The highest BCUT2D eigenvalue weighted by atomic mass is 79.9. The predicted molar refractivity (Wildman–Crippen MR) is 523 cm³/mol. The highest BCUT2D eigenvalue weighted by molar-refractivity contribution is 9.10. The van der Waals surface area contributed by atoms with Gasteiger partial charge >= 0.3 is 6.18 Å². The van der Waals surface area contributed by atoms with Gasteiger partial charge < -0.3 is 80.7 Å². The summed E-state index contributed by atoms with van der Waals surface area (Å²) in [6.07, 6.45) is 30.3.